The molecule has 1 aromatic carbocycles. The topological polar surface area (TPSA) is 43.4 Å². The lowest BCUT2D eigenvalue weighted by Crippen LogP contribution is -2.13. The lowest BCUT2D eigenvalue weighted by Gasteiger charge is -2.17. The summed E-state index contributed by atoms with van der Waals surface area (Å²) in [5, 5.41) is 0. The van der Waals surface area contributed by atoms with E-state index < -0.39 is 0 Å². The van der Waals surface area contributed by atoms with Crippen LogP contribution in [0.4, 0.5) is 0 Å². The minimum Gasteiger partial charge on any atom is -0.458 e. The van der Waals surface area contributed by atoms with Crippen molar-refractivity contribution in [3.63, 3.8) is 0 Å². The van der Waals surface area contributed by atoms with Crippen molar-refractivity contribution >= 4 is 11.8 Å². The lowest BCUT2D eigenvalue weighted by molar-refractivity contribution is -0.145. The first-order valence-corrected chi connectivity index (χ1v) is 6.49. The van der Waals surface area contributed by atoms with Crippen molar-refractivity contribution in [3.8, 4) is 0 Å². The number of Topliss-reactive ketones (excluding diaryl/α,β-unsaturated/α-hetero) is 1. The van der Waals surface area contributed by atoms with Gasteiger partial charge in [-0.05, 0) is 17.9 Å². The van der Waals surface area contributed by atoms with Crippen molar-refractivity contribution in [2.45, 2.75) is 47.1 Å². The maximum atomic E-state index is 12.0. The highest BCUT2D eigenvalue weighted by Gasteiger charge is 2.17. The Labute approximate surface area is 115 Å². The van der Waals surface area contributed by atoms with Gasteiger partial charge in [-0.1, -0.05) is 45.0 Å². The van der Waals surface area contributed by atoms with Crippen LogP contribution in [0.25, 0.3) is 0 Å². The summed E-state index contributed by atoms with van der Waals surface area (Å²) < 4.78 is 5.09. The smallest absolute Gasteiger partial charge is 0.303 e. The van der Waals surface area contributed by atoms with Gasteiger partial charge in [-0.3, -0.25) is 9.59 Å². The highest BCUT2D eigenvalue weighted by atomic mass is 16.5. The molecule has 0 aromatic heterocycles. The third-order valence-electron chi connectivity index (χ3n) is 2.74. The number of rotatable bonds is 4. The highest BCUT2D eigenvalue weighted by molar-refractivity contribution is 5.96. The molecule has 1 rings (SSSR count). The van der Waals surface area contributed by atoms with Crippen LogP contribution in [0.5, 0.6) is 0 Å². The molecule has 0 amide bonds. The first-order chi connectivity index (χ1) is 8.69. The first kappa shape index (κ1) is 15.4. The average Bonchev–Trinajstić information content (AvgIpc) is 2.26. The Morgan fingerprint density at radius 2 is 1.68 bits per heavy atom. The van der Waals surface area contributed by atoms with Gasteiger partial charge in [0.15, 0.2) is 5.78 Å². The Balaban J connectivity index is 2.76. The Morgan fingerprint density at radius 1 is 1.16 bits per heavy atom. The second-order valence-electron chi connectivity index (χ2n) is 6.03. The third-order valence-corrected chi connectivity index (χ3v) is 2.74. The van der Waals surface area contributed by atoms with E-state index in [1.165, 1.54) is 6.92 Å². The van der Waals surface area contributed by atoms with Gasteiger partial charge in [-0.25, -0.2) is 0 Å². The lowest BCUT2D eigenvalue weighted by atomic mass is 9.87. The molecule has 0 aliphatic heterocycles. The van der Waals surface area contributed by atoms with E-state index in [1.807, 2.05) is 39.8 Å². The number of ether oxygens (including phenoxy) is 1. The Bertz CT molecular complexity index is 452. The van der Waals surface area contributed by atoms with Crippen molar-refractivity contribution < 1.29 is 14.3 Å². The number of ketones is 1. The molecule has 1 unspecified atom stereocenters. The maximum Gasteiger partial charge on any atom is 0.303 e. The van der Waals surface area contributed by atoms with Gasteiger partial charge in [0.2, 0.25) is 0 Å². The first-order valence-electron chi connectivity index (χ1n) is 6.49. The minimum atomic E-state index is -0.305. The molecule has 104 valence electrons. The van der Waals surface area contributed by atoms with Crippen LogP contribution in [0.3, 0.4) is 0 Å². The molecule has 3 heteroatoms. The summed E-state index contributed by atoms with van der Waals surface area (Å²) in [7, 11) is 0. The third kappa shape index (κ3) is 5.25. The van der Waals surface area contributed by atoms with Crippen LogP contribution in [-0.2, 0) is 9.53 Å². The number of carbonyl (C=O) groups is 2. The van der Waals surface area contributed by atoms with Crippen molar-refractivity contribution in [2.24, 2.45) is 5.41 Å². The molecule has 0 aliphatic rings. The summed E-state index contributed by atoms with van der Waals surface area (Å²) in [5.74, 6) is -0.167. The molecule has 0 fully saturated rings. The van der Waals surface area contributed by atoms with Crippen molar-refractivity contribution in [2.75, 3.05) is 0 Å². The Morgan fingerprint density at radius 3 is 2.11 bits per heavy atom. The molecule has 0 saturated heterocycles. The van der Waals surface area contributed by atoms with Gasteiger partial charge < -0.3 is 4.74 Å². The number of hydrogen-bond acceptors (Lipinski definition) is 3. The molecule has 0 bridgehead atoms. The largest absolute Gasteiger partial charge is 0.458 e. The Hall–Kier alpha value is -1.64. The quantitative estimate of drug-likeness (QED) is 0.610. The fourth-order valence-electron chi connectivity index (χ4n) is 1.84. The van der Waals surface area contributed by atoms with Crippen LogP contribution in [0.1, 0.15) is 63.1 Å². The second kappa shape index (κ2) is 6.00. The number of hydrogen-bond donors (Lipinski definition) is 0. The second-order valence-corrected chi connectivity index (χ2v) is 6.03. The molecule has 3 nitrogen and oxygen atoms in total. The molecular weight excluding hydrogens is 240 g/mol. The molecule has 0 heterocycles. The molecule has 0 aliphatic carbocycles. The molecule has 19 heavy (non-hydrogen) atoms. The van der Waals surface area contributed by atoms with Crippen molar-refractivity contribution in [1.29, 1.82) is 0 Å². The van der Waals surface area contributed by atoms with Crippen LogP contribution < -0.4 is 0 Å². The van der Waals surface area contributed by atoms with Crippen LogP contribution in [0, 0.1) is 5.41 Å². The molecule has 0 radical (unpaired) electrons. The maximum absolute atomic E-state index is 12.0. The van der Waals surface area contributed by atoms with Gasteiger partial charge in [0.25, 0.3) is 0 Å². The summed E-state index contributed by atoms with van der Waals surface area (Å²) in [6, 6.07) is 7.26. The molecular formula is C16H22O3. The van der Waals surface area contributed by atoms with Gasteiger partial charge in [-0.2, -0.15) is 0 Å². The average molecular weight is 262 g/mol. The van der Waals surface area contributed by atoms with E-state index in [0.29, 0.717) is 12.0 Å². The standard InChI is InChI=1S/C16H22O3/c1-11(19-12(2)17)13-6-8-14(9-7-13)15(18)10-16(3,4)5/h6-9,11H,10H2,1-5H3. The van der Waals surface area contributed by atoms with E-state index in [9.17, 15) is 9.59 Å². The normalized spacial score (nSPS) is 12.9. The van der Waals surface area contributed by atoms with E-state index >= 15 is 0 Å². The van der Waals surface area contributed by atoms with Crippen LogP contribution in [0.2, 0.25) is 0 Å². The summed E-state index contributed by atoms with van der Waals surface area (Å²) in [6.07, 6.45) is 0.232. The minimum absolute atomic E-state index is 0.0131. The molecule has 0 spiro atoms. The predicted molar refractivity (Wildman–Crippen MR) is 75.0 cm³/mol. The van der Waals surface area contributed by atoms with Gasteiger partial charge >= 0.3 is 5.97 Å². The predicted octanol–water partition coefficient (Wildman–Crippen LogP) is 3.93. The van der Waals surface area contributed by atoms with E-state index in [2.05, 4.69) is 0 Å². The molecule has 0 saturated carbocycles. The van der Waals surface area contributed by atoms with Gasteiger partial charge in [0, 0.05) is 18.9 Å². The molecule has 1 atom stereocenters. The van der Waals surface area contributed by atoms with Crippen LogP contribution in [-0.4, -0.2) is 11.8 Å². The Kier molecular flexibility index (Phi) is 4.87. The molecule has 0 N–H and O–H groups in total. The van der Waals surface area contributed by atoms with Crippen molar-refractivity contribution in [3.05, 3.63) is 35.4 Å². The summed E-state index contributed by atoms with van der Waals surface area (Å²) >= 11 is 0. The highest BCUT2D eigenvalue weighted by Crippen LogP contribution is 2.23. The van der Waals surface area contributed by atoms with E-state index in [-0.39, 0.29) is 23.3 Å². The van der Waals surface area contributed by atoms with E-state index in [4.69, 9.17) is 4.74 Å². The van der Waals surface area contributed by atoms with E-state index in [0.717, 1.165) is 5.56 Å². The van der Waals surface area contributed by atoms with Gasteiger partial charge in [0.05, 0.1) is 0 Å². The van der Waals surface area contributed by atoms with Crippen LogP contribution in [0.15, 0.2) is 24.3 Å². The fraction of sp³-hybridized carbons (Fsp3) is 0.500. The zero-order chi connectivity index (χ0) is 14.6. The van der Waals surface area contributed by atoms with Gasteiger partial charge in [-0.15, -0.1) is 0 Å². The fourth-order valence-corrected chi connectivity index (χ4v) is 1.84. The number of esters is 1. The van der Waals surface area contributed by atoms with E-state index in [1.54, 1.807) is 12.1 Å². The zero-order valence-corrected chi connectivity index (χ0v) is 12.3. The summed E-state index contributed by atoms with van der Waals surface area (Å²) in [4.78, 5) is 22.9. The summed E-state index contributed by atoms with van der Waals surface area (Å²) in [6.45, 7) is 9.33. The number of benzene rings is 1. The van der Waals surface area contributed by atoms with Gasteiger partial charge in [0.1, 0.15) is 6.10 Å². The van der Waals surface area contributed by atoms with Crippen LogP contribution >= 0.6 is 0 Å². The monoisotopic (exact) mass is 262 g/mol. The summed E-state index contributed by atoms with van der Waals surface area (Å²) in [5.41, 5.74) is 1.58. The number of carbonyl (C=O) groups excluding carboxylic acids is 2. The zero-order valence-electron chi connectivity index (χ0n) is 12.3. The van der Waals surface area contributed by atoms with Crippen molar-refractivity contribution in [1.82, 2.24) is 0 Å². The molecule has 1 aromatic rings. The SMILES string of the molecule is CC(=O)OC(C)c1ccc(C(=O)CC(C)(C)C)cc1.